The van der Waals surface area contributed by atoms with E-state index >= 15 is 0 Å². The lowest BCUT2D eigenvalue weighted by Crippen LogP contribution is -2.41. The Kier molecular flexibility index (Phi) is 4.93. The van der Waals surface area contributed by atoms with Crippen molar-refractivity contribution in [2.75, 3.05) is 12.4 Å². The number of hydrogen-bond acceptors (Lipinski definition) is 2. The van der Waals surface area contributed by atoms with Crippen LogP contribution in [0.15, 0.2) is 0 Å². The maximum absolute atomic E-state index is 6.36. The Hall–Kier alpha value is -0.250. The van der Waals surface area contributed by atoms with Gasteiger partial charge in [0.05, 0.1) is 16.4 Å². The van der Waals surface area contributed by atoms with E-state index in [0.717, 1.165) is 36.0 Å². The van der Waals surface area contributed by atoms with Gasteiger partial charge in [-0.2, -0.15) is 5.10 Å². The number of aryl methyl sites for hydroxylation is 2. The van der Waals surface area contributed by atoms with E-state index in [2.05, 4.69) is 16.9 Å². The molecular formula is C13H21Cl2N3. The van der Waals surface area contributed by atoms with E-state index in [4.69, 9.17) is 23.2 Å². The molecule has 0 bridgehead atoms. The minimum absolute atomic E-state index is 0.674. The van der Waals surface area contributed by atoms with Gasteiger partial charge in [-0.3, -0.25) is 9.58 Å². The quantitative estimate of drug-likeness (QED) is 0.748. The van der Waals surface area contributed by atoms with Gasteiger partial charge in [-0.15, -0.1) is 11.6 Å². The lowest BCUT2D eigenvalue weighted by molar-refractivity contribution is 0.124. The van der Waals surface area contributed by atoms with Crippen LogP contribution in [0.1, 0.15) is 37.6 Å². The van der Waals surface area contributed by atoms with E-state index in [0.29, 0.717) is 11.9 Å². The van der Waals surface area contributed by atoms with Crippen LogP contribution in [-0.2, 0) is 13.1 Å². The van der Waals surface area contributed by atoms with E-state index in [1.54, 1.807) is 0 Å². The van der Waals surface area contributed by atoms with Crippen LogP contribution in [0.25, 0.3) is 0 Å². The Morgan fingerprint density at radius 3 is 2.67 bits per heavy atom. The summed E-state index contributed by atoms with van der Waals surface area (Å²) in [4.78, 5) is 2.45. The van der Waals surface area contributed by atoms with Gasteiger partial charge in [0.2, 0.25) is 0 Å². The fourth-order valence-corrected chi connectivity index (χ4v) is 2.88. The first-order valence-corrected chi connectivity index (χ1v) is 7.60. The van der Waals surface area contributed by atoms with E-state index in [-0.39, 0.29) is 0 Å². The molecule has 1 saturated carbocycles. The topological polar surface area (TPSA) is 21.1 Å². The summed E-state index contributed by atoms with van der Waals surface area (Å²) in [6, 6.07) is 0.681. The largest absolute Gasteiger partial charge is 0.293 e. The van der Waals surface area contributed by atoms with E-state index in [1.807, 2.05) is 11.6 Å². The summed E-state index contributed by atoms with van der Waals surface area (Å²) in [5, 5.41) is 5.29. The first kappa shape index (κ1) is 14.2. The average molecular weight is 290 g/mol. The normalized spacial score (nSPS) is 16.3. The molecule has 0 radical (unpaired) electrons. The van der Waals surface area contributed by atoms with Crippen molar-refractivity contribution in [3.63, 3.8) is 0 Å². The molecule has 0 spiro atoms. The van der Waals surface area contributed by atoms with Gasteiger partial charge in [0, 0.05) is 31.6 Å². The number of hydrogen-bond donors (Lipinski definition) is 0. The number of alkyl halides is 1. The highest BCUT2D eigenvalue weighted by molar-refractivity contribution is 6.31. The zero-order valence-electron chi connectivity index (χ0n) is 11.1. The van der Waals surface area contributed by atoms with Crippen LogP contribution in [0.3, 0.4) is 0 Å². The van der Waals surface area contributed by atoms with Gasteiger partial charge in [-0.05, 0) is 26.7 Å². The fraction of sp³-hybridized carbons (Fsp3) is 0.769. The lowest BCUT2D eigenvalue weighted by Gasteiger charge is -2.37. The second kappa shape index (κ2) is 6.27. The summed E-state index contributed by atoms with van der Waals surface area (Å²) < 4.78 is 2.01. The predicted octanol–water partition coefficient (Wildman–Crippen LogP) is 3.46. The third-order valence-corrected chi connectivity index (χ3v) is 4.43. The van der Waals surface area contributed by atoms with Crippen LogP contribution < -0.4 is 0 Å². The Bertz CT molecular complexity index is 399. The average Bonchev–Trinajstić information content (AvgIpc) is 2.55. The van der Waals surface area contributed by atoms with Crippen LogP contribution >= 0.6 is 23.2 Å². The fourth-order valence-electron chi connectivity index (χ4n) is 2.46. The van der Waals surface area contributed by atoms with Gasteiger partial charge in [0.15, 0.2) is 0 Å². The number of halogens is 2. The third kappa shape index (κ3) is 2.84. The van der Waals surface area contributed by atoms with Crippen molar-refractivity contribution in [2.45, 2.75) is 52.2 Å². The minimum Gasteiger partial charge on any atom is -0.293 e. The molecule has 18 heavy (non-hydrogen) atoms. The molecule has 0 amide bonds. The molecule has 0 N–H and O–H groups in total. The van der Waals surface area contributed by atoms with Crippen LogP contribution in [0, 0.1) is 6.92 Å². The standard InChI is InChI=1S/C13H21Cl2N3/c1-3-18-12(13(15)10(2)16-18)9-17(8-7-14)11-5-4-6-11/h11H,3-9H2,1-2H3. The van der Waals surface area contributed by atoms with Crippen LogP contribution in [0.2, 0.25) is 5.02 Å². The highest BCUT2D eigenvalue weighted by Crippen LogP contribution is 2.28. The zero-order valence-corrected chi connectivity index (χ0v) is 12.6. The van der Waals surface area contributed by atoms with Gasteiger partial charge >= 0.3 is 0 Å². The predicted molar refractivity (Wildman–Crippen MR) is 76.4 cm³/mol. The van der Waals surface area contributed by atoms with Gasteiger partial charge < -0.3 is 0 Å². The summed E-state index contributed by atoms with van der Waals surface area (Å²) in [5.41, 5.74) is 2.06. The molecule has 5 heteroatoms. The van der Waals surface area contributed by atoms with E-state index < -0.39 is 0 Å². The molecule has 0 unspecified atom stereocenters. The van der Waals surface area contributed by atoms with Gasteiger partial charge in [0.25, 0.3) is 0 Å². The Labute approximate surface area is 119 Å². The molecule has 3 nitrogen and oxygen atoms in total. The molecule has 1 aromatic rings. The van der Waals surface area contributed by atoms with Crippen LogP contribution in [-0.4, -0.2) is 33.1 Å². The number of rotatable bonds is 6. The van der Waals surface area contributed by atoms with Crippen molar-refractivity contribution >= 4 is 23.2 Å². The maximum Gasteiger partial charge on any atom is 0.0860 e. The molecule has 0 atom stereocenters. The molecular weight excluding hydrogens is 269 g/mol. The molecule has 2 rings (SSSR count). The van der Waals surface area contributed by atoms with Crippen molar-refractivity contribution in [2.24, 2.45) is 0 Å². The highest BCUT2D eigenvalue weighted by Gasteiger charge is 2.26. The summed E-state index contributed by atoms with van der Waals surface area (Å²) in [7, 11) is 0. The third-order valence-electron chi connectivity index (χ3n) is 3.77. The van der Waals surface area contributed by atoms with Crippen LogP contribution in [0.5, 0.6) is 0 Å². The van der Waals surface area contributed by atoms with Crippen molar-refractivity contribution in [3.05, 3.63) is 16.4 Å². The van der Waals surface area contributed by atoms with E-state index in [9.17, 15) is 0 Å². The number of nitrogens with zero attached hydrogens (tertiary/aromatic N) is 3. The van der Waals surface area contributed by atoms with Crippen LogP contribution in [0.4, 0.5) is 0 Å². The Morgan fingerprint density at radius 2 is 2.17 bits per heavy atom. The summed E-state index contributed by atoms with van der Waals surface area (Å²) in [6.07, 6.45) is 3.91. The summed E-state index contributed by atoms with van der Waals surface area (Å²) in [5.74, 6) is 0.674. The first-order chi connectivity index (χ1) is 8.67. The number of aromatic nitrogens is 2. The summed E-state index contributed by atoms with van der Waals surface area (Å²) >= 11 is 12.3. The Balaban J connectivity index is 2.14. The monoisotopic (exact) mass is 289 g/mol. The molecule has 1 aliphatic carbocycles. The molecule has 0 saturated heterocycles. The minimum atomic E-state index is 0.674. The molecule has 102 valence electrons. The lowest BCUT2D eigenvalue weighted by atomic mass is 9.91. The smallest absolute Gasteiger partial charge is 0.0860 e. The second-order valence-electron chi connectivity index (χ2n) is 4.91. The Morgan fingerprint density at radius 1 is 1.44 bits per heavy atom. The molecule has 1 aromatic heterocycles. The molecule has 1 aliphatic rings. The summed E-state index contributed by atoms with van der Waals surface area (Å²) in [6.45, 7) is 6.72. The van der Waals surface area contributed by atoms with Crippen molar-refractivity contribution in [1.82, 2.24) is 14.7 Å². The SMILES string of the molecule is CCn1nc(C)c(Cl)c1CN(CCCl)C1CCC1. The van der Waals surface area contributed by atoms with Crippen molar-refractivity contribution in [3.8, 4) is 0 Å². The maximum atomic E-state index is 6.36. The first-order valence-electron chi connectivity index (χ1n) is 6.69. The molecule has 0 aliphatic heterocycles. The van der Waals surface area contributed by atoms with Crippen molar-refractivity contribution in [1.29, 1.82) is 0 Å². The molecule has 1 heterocycles. The van der Waals surface area contributed by atoms with Gasteiger partial charge in [0.1, 0.15) is 0 Å². The highest BCUT2D eigenvalue weighted by atomic mass is 35.5. The van der Waals surface area contributed by atoms with Gasteiger partial charge in [-0.1, -0.05) is 18.0 Å². The van der Waals surface area contributed by atoms with Gasteiger partial charge in [-0.25, -0.2) is 0 Å². The second-order valence-corrected chi connectivity index (χ2v) is 5.66. The zero-order chi connectivity index (χ0) is 13.1. The molecule has 0 aromatic carbocycles. The molecule has 1 fully saturated rings. The van der Waals surface area contributed by atoms with E-state index in [1.165, 1.54) is 19.3 Å². The van der Waals surface area contributed by atoms with Crippen molar-refractivity contribution < 1.29 is 0 Å².